The number of hydrogen-bond donors (Lipinski definition) is 2. The zero-order valence-electron chi connectivity index (χ0n) is 10.5. The van der Waals surface area contributed by atoms with E-state index in [9.17, 15) is 13.6 Å². The minimum atomic E-state index is -0.760. The van der Waals surface area contributed by atoms with Gasteiger partial charge in [0.1, 0.15) is 11.6 Å². The lowest BCUT2D eigenvalue weighted by atomic mass is 10.1. The molecule has 2 aromatic rings. The first-order valence-corrected chi connectivity index (χ1v) is 6.50. The summed E-state index contributed by atoms with van der Waals surface area (Å²) < 4.78 is 27.9. The molecule has 0 heterocycles. The van der Waals surface area contributed by atoms with E-state index >= 15 is 0 Å². The molecule has 1 amide bonds. The summed E-state index contributed by atoms with van der Waals surface area (Å²) in [5.41, 5.74) is 5.84. The molecule has 0 bridgehead atoms. The Morgan fingerprint density at radius 2 is 2.00 bits per heavy atom. The third-order valence-electron chi connectivity index (χ3n) is 2.72. The molecule has 0 atom stereocenters. The molecule has 0 radical (unpaired) electrons. The van der Waals surface area contributed by atoms with Crippen molar-refractivity contribution in [3.8, 4) is 0 Å². The molecule has 104 valence electrons. The predicted octanol–water partition coefficient (Wildman–Crippen LogP) is 3.87. The third-order valence-corrected chi connectivity index (χ3v) is 3.38. The number of carbonyl (C=O) groups is 1. The second kappa shape index (κ2) is 5.58. The highest BCUT2D eigenvalue weighted by molar-refractivity contribution is 9.10. The number of aryl methyl sites for hydroxylation is 1. The number of nitrogen functional groups attached to an aromatic ring is 1. The zero-order chi connectivity index (χ0) is 14.9. The van der Waals surface area contributed by atoms with Gasteiger partial charge in [0.25, 0.3) is 5.91 Å². The molecule has 0 fully saturated rings. The van der Waals surface area contributed by atoms with Gasteiger partial charge in [0, 0.05) is 10.2 Å². The van der Waals surface area contributed by atoms with E-state index in [1.54, 1.807) is 6.07 Å². The summed E-state index contributed by atoms with van der Waals surface area (Å²) in [5.74, 6) is -2.05. The summed E-state index contributed by atoms with van der Waals surface area (Å²) in [6, 6.07) is 6.89. The van der Waals surface area contributed by atoms with Crippen molar-refractivity contribution >= 4 is 33.2 Å². The van der Waals surface area contributed by atoms with Gasteiger partial charge < -0.3 is 11.1 Å². The maximum Gasteiger partial charge on any atom is 0.258 e. The molecule has 0 spiro atoms. The molecule has 0 aliphatic heterocycles. The summed E-state index contributed by atoms with van der Waals surface area (Å²) in [4.78, 5) is 12.0. The second-order valence-electron chi connectivity index (χ2n) is 4.25. The lowest BCUT2D eigenvalue weighted by molar-refractivity contribution is 0.102. The SMILES string of the molecule is Cc1cc(N)cc(C(=O)Nc2c(F)cccc2Br)c1F. The van der Waals surface area contributed by atoms with Crippen molar-refractivity contribution in [2.45, 2.75) is 6.92 Å². The van der Waals surface area contributed by atoms with E-state index in [4.69, 9.17) is 5.73 Å². The molecule has 0 aliphatic carbocycles. The molecular formula is C14H11BrF2N2O. The van der Waals surface area contributed by atoms with Crippen LogP contribution in [0.1, 0.15) is 15.9 Å². The Hall–Kier alpha value is -1.95. The quantitative estimate of drug-likeness (QED) is 0.815. The van der Waals surface area contributed by atoms with E-state index in [2.05, 4.69) is 21.2 Å². The van der Waals surface area contributed by atoms with E-state index in [0.717, 1.165) is 0 Å². The van der Waals surface area contributed by atoms with Gasteiger partial charge in [0.15, 0.2) is 0 Å². The van der Waals surface area contributed by atoms with Crippen molar-refractivity contribution in [2.75, 3.05) is 11.1 Å². The number of nitrogens with one attached hydrogen (secondary N) is 1. The Kier molecular flexibility index (Phi) is 4.04. The fourth-order valence-corrected chi connectivity index (χ4v) is 2.20. The monoisotopic (exact) mass is 340 g/mol. The molecule has 6 heteroatoms. The molecule has 2 aromatic carbocycles. The number of nitrogens with two attached hydrogens (primary N) is 1. The Labute approximate surface area is 122 Å². The topological polar surface area (TPSA) is 55.1 Å². The van der Waals surface area contributed by atoms with Crippen LogP contribution in [0.3, 0.4) is 0 Å². The number of halogens is 3. The van der Waals surface area contributed by atoms with Crippen molar-refractivity contribution in [1.82, 2.24) is 0 Å². The van der Waals surface area contributed by atoms with Crippen LogP contribution in [-0.2, 0) is 0 Å². The van der Waals surface area contributed by atoms with Gasteiger partial charge in [0.2, 0.25) is 0 Å². The number of carbonyl (C=O) groups excluding carboxylic acids is 1. The largest absolute Gasteiger partial charge is 0.399 e. The first-order chi connectivity index (χ1) is 9.40. The summed E-state index contributed by atoms with van der Waals surface area (Å²) in [7, 11) is 0. The maximum atomic E-state index is 13.9. The lowest BCUT2D eigenvalue weighted by Gasteiger charge is -2.10. The fourth-order valence-electron chi connectivity index (χ4n) is 1.76. The van der Waals surface area contributed by atoms with Gasteiger partial charge >= 0.3 is 0 Å². The Morgan fingerprint density at radius 1 is 1.30 bits per heavy atom. The van der Waals surface area contributed by atoms with Crippen LogP contribution in [0.4, 0.5) is 20.2 Å². The maximum absolute atomic E-state index is 13.9. The van der Waals surface area contributed by atoms with Crippen LogP contribution in [0.2, 0.25) is 0 Å². The highest BCUT2D eigenvalue weighted by Crippen LogP contribution is 2.26. The van der Waals surface area contributed by atoms with Crippen molar-refractivity contribution in [3.05, 3.63) is 57.6 Å². The number of rotatable bonds is 2. The standard InChI is InChI=1S/C14H11BrF2N2O/c1-7-5-8(18)6-9(12(7)17)14(20)19-13-10(15)3-2-4-11(13)16/h2-6H,18H2,1H3,(H,19,20). The van der Waals surface area contributed by atoms with E-state index in [1.165, 1.54) is 31.2 Å². The predicted molar refractivity (Wildman–Crippen MR) is 77.6 cm³/mol. The molecule has 0 aliphatic rings. The van der Waals surface area contributed by atoms with Crippen LogP contribution in [-0.4, -0.2) is 5.91 Å². The van der Waals surface area contributed by atoms with Crippen molar-refractivity contribution in [2.24, 2.45) is 0 Å². The van der Waals surface area contributed by atoms with E-state index in [-0.39, 0.29) is 22.5 Å². The van der Waals surface area contributed by atoms with Crippen LogP contribution in [0, 0.1) is 18.6 Å². The average Bonchev–Trinajstić information content (AvgIpc) is 2.38. The third kappa shape index (κ3) is 2.80. The number of hydrogen-bond acceptors (Lipinski definition) is 2. The van der Waals surface area contributed by atoms with Crippen LogP contribution in [0.5, 0.6) is 0 Å². The van der Waals surface area contributed by atoms with E-state index < -0.39 is 17.5 Å². The van der Waals surface area contributed by atoms with Gasteiger partial charge in [-0.1, -0.05) is 6.07 Å². The highest BCUT2D eigenvalue weighted by atomic mass is 79.9. The van der Waals surface area contributed by atoms with Crippen molar-refractivity contribution < 1.29 is 13.6 Å². The first kappa shape index (κ1) is 14.5. The first-order valence-electron chi connectivity index (χ1n) is 5.71. The molecule has 0 unspecified atom stereocenters. The lowest BCUT2D eigenvalue weighted by Crippen LogP contribution is -2.16. The molecular weight excluding hydrogens is 330 g/mol. The number of para-hydroxylation sites is 1. The summed E-state index contributed by atoms with van der Waals surface area (Å²) in [5, 5.41) is 2.33. The van der Waals surface area contributed by atoms with Gasteiger partial charge in [-0.25, -0.2) is 8.78 Å². The van der Waals surface area contributed by atoms with E-state index in [0.29, 0.717) is 4.47 Å². The molecule has 3 N–H and O–H groups in total. The summed E-state index contributed by atoms with van der Waals surface area (Å²) in [6.45, 7) is 1.50. The van der Waals surface area contributed by atoms with Crippen LogP contribution in [0.25, 0.3) is 0 Å². The van der Waals surface area contributed by atoms with Gasteiger partial charge in [-0.15, -0.1) is 0 Å². The second-order valence-corrected chi connectivity index (χ2v) is 5.10. The summed E-state index contributed by atoms with van der Waals surface area (Å²) >= 11 is 3.12. The minimum absolute atomic E-state index is 0.0445. The van der Waals surface area contributed by atoms with Crippen LogP contribution < -0.4 is 11.1 Å². The number of benzene rings is 2. The van der Waals surface area contributed by atoms with E-state index in [1.807, 2.05) is 0 Å². The Balaban J connectivity index is 2.39. The van der Waals surface area contributed by atoms with Crippen LogP contribution in [0.15, 0.2) is 34.8 Å². The van der Waals surface area contributed by atoms with Gasteiger partial charge in [-0.05, 0) is 52.7 Å². The minimum Gasteiger partial charge on any atom is -0.399 e. The Morgan fingerprint density at radius 3 is 2.65 bits per heavy atom. The zero-order valence-corrected chi connectivity index (χ0v) is 12.1. The molecule has 2 rings (SSSR count). The number of anilines is 2. The fraction of sp³-hybridized carbons (Fsp3) is 0.0714. The van der Waals surface area contributed by atoms with Gasteiger partial charge in [0.05, 0.1) is 11.3 Å². The average molecular weight is 341 g/mol. The number of amides is 1. The highest BCUT2D eigenvalue weighted by Gasteiger charge is 2.17. The van der Waals surface area contributed by atoms with Crippen molar-refractivity contribution in [3.63, 3.8) is 0 Å². The molecule has 3 nitrogen and oxygen atoms in total. The van der Waals surface area contributed by atoms with Gasteiger partial charge in [-0.2, -0.15) is 0 Å². The van der Waals surface area contributed by atoms with Crippen LogP contribution >= 0.6 is 15.9 Å². The van der Waals surface area contributed by atoms with Gasteiger partial charge in [-0.3, -0.25) is 4.79 Å². The van der Waals surface area contributed by atoms with Crippen molar-refractivity contribution in [1.29, 1.82) is 0 Å². The smallest absolute Gasteiger partial charge is 0.258 e. The Bertz CT molecular complexity index is 669. The molecule has 0 aromatic heterocycles. The molecule has 0 saturated heterocycles. The molecule has 0 saturated carbocycles. The summed E-state index contributed by atoms with van der Waals surface area (Å²) in [6.07, 6.45) is 0. The molecule has 20 heavy (non-hydrogen) atoms. The normalized spacial score (nSPS) is 10.4.